The highest BCUT2D eigenvalue weighted by Gasteiger charge is 2.46. The molecule has 0 bridgehead atoms. The Morgan fingerprint density at radius 3 is 2.19 bits per heavy atom. The fourth-order valence-electron chi connectivity index (χ4n) is 5.23. The molecule has 2 saturated heterocycles. The van der Waals surface area contributed by atoms with Gasteiger partial charge in [-0.3, -0.25) is 4.90 Å². The van der Waals surface area contributed by atoms with Gasteiger partial charge in [-0.2, -0.15) is 11.8 Å². The monoisotopic (exact) mass is 310 g/mol. The minimum atomic E-state index is 0.280. The number of nitrogens with zero attached hydrogens (tertiary/aromatic N) is 1. The van der Waals surface area contributed by atoms with Crippen molar-refractivity contribution in [3.05, 3.63) is 0 Å². The van der Waals surface area contributed by atoms with Crippen LogP contribution in [-0.4, -0.2) is 41.6 Å². The molecular weight excluding hydrogens is 276 g/mol. The average Bonchev–Trinajstić information content (AvgIpc) is 2.47. The van der Waals surface area contributed by atoms with Gasteiger partial charge in [0.1, 0.15) is 0 Å². The Morgan fingerprint density at radius 2 is 1.62 bits per heavy atom. The van der Waals surface area contributed by atoms with Gasteiger partial charge in [0.25, 0.3) is 0 Å². The number of hydrogen-bond acceptors (Lipinski definition) is 3. The lowest BCUT2D eigenvalue weighted by Crippen LogP contribution is -2.62. The van der Waals surface area contributed by atoms with Crippen molar-refractivity contribution in [2.45, 2.75) is 70.8 Å². The van der Waals surface area contributed by atoms with Crippen molar-refractivity contribution < 1.29 is 0 Å². The molecule has 122 valence electrons. The second-order valence-electron chi connectivity index (χ2n) is 8.81. The predicted octanol–water partition coefficient (Wildman–Crippen LogP) is 3.89. The summed E-state index contributed by atoms with van der Waals surface area (Å²) in [5, 5.41) is 0. The fourth-order valence-corrected chi connectivity index (χ4v) is 6.77. The number of hydrogen-bond donors (Lipinski definition) is 1. The fraction of sp³-hybridized carbons (Fsp3) is 1.00. The van der Waals surface area contributed by atoms with E-state index in [1.165, 1.54) is 76.0 Å². The number of nitrogens with two attached hydrogens (primary N) is 1. The van der Waals surface area contributed by atoms with Crippen molar-refractivity contribution in [3.8, 4) is 0 Å². The minimum absolute atomic E-state index is 0.280. The van der Waals surface area contributed by atoms with Crippen LogP contribution in [0.25, 0.3) is 0 Å². The highest BCUT2D eigenvalue weighted by molar-refractivity contribution is 7.99. The maximum Gasteiger partial charge on any atom is 0.0427 e. The summed E-state index contributed by atoms with van der Waals surface area (Å²) < 4.78 is 0. The molecule has 0 amide bonds. The molecule has 0 aromatic heterocycles. The second-order valence-corrected chi connectivity index (χ2v) is 9.80. The van der Waals surface area contributed by atoms with Crippen molar-refractivity contribution in [1.29, 1.82) is 0 Å². The van der Waals surface area contributed by atoms with Gasteiger partial charge < -0.3 is 5.73 Å². The van der Waals surface area contributed by atoms with Crippen LogP contribution in [0.3, 0.4) is 0 Å². The third-order valence-electron chi connectivity index (χ3n) is 6.46. The summed E-state index contributed by atoms with van der Waals surface area (Å²) in [6.45, 7) is 8.30. The van der Waals surface area contributed by atoms with E-state index >= 15 is 0 Å². The molecule has 2 N–H and O–H groups in total. The first-order valence-corrected chi connectivity index (χ1v) is 10.2. The van der Waals surface area contributed by atoms with Crippen molar-refractivity contribution in [2.75, 3.05) is 31.1 Å². The molecule has 1 aliphatic carbocycles. The van der Waals surface area contributed by atoms with Crippen LogP contribution in [0.2, 0.25) is 0 Å². The summed E-state index contributed by atoms with van der Waals surface area (Å²) in [7, 11) is 0. The normalized spacial score (nSPS) is 36.7. The van der Waals surface area contributed by atoms with Gasteiger partial charge in [-0.25, -0.2) is 0 Å². The zero-order valence-electron chi connectivity index (χ0n) is 14.1. The third-order valence-corrected chi connectivity index (χ3v) is 8.19. The Bertz CT molecular complexity index is 352. The smallest absolute Gasteiger partial charge is 0.0427 e. The maximum atomic E-state index is 6.31. The molecule has 3 aliphatic rings. The lowest BCUT2D eigenvalue weighted by atomic mass is 9.67. The van der Waals surface area contributed by atoms with E-state index in [9.17, 15) is 0 Å². The van der Waals surface area contributed by atoms with Crippen LogP contribution in [0.15, 0.2) is 0 Å². The molecule has 1 spiro atoms. The van der Waals surface area contributed by atoms with Crippen LogP contribution in [0.4, 0.5) is 0 Å². The molecule has 3 rings (SSSR count). The van der Waals surface area contributed by atoms with Crippen molar-refractivity contribution >= 4 is 11.8 Å². The summed E-state index contributed by atoms with van der Waals surface area (Å²) in [5.41, 5.74) is 7.74. The molecular formula is C18H34N2S. The number of likely N-dealkylation sites (tertiary alicyclic amines) is 1. The van der Waals surface area contributed by atoms with Gasteiger partial charge in [0.05, 0.1) is 0 Å². The van der Waals surface area contributed by atoms with Gasteiger partial charge in [0.15, 0.2) is 0 Å². The molecule has 2 nitrogen and oxygen atoms in total. The van der Waals surface area contributed by atoms with Crippen LogP contribution >= 0.6 is 11.8 Å². The second kappa shape index (κ2) is 6.05. The van der Waals surface area contributed by atoms with E-state index in [0.717, 1.165) is 6.54 Å². The van der Waals surface area contributed by atoms with Crippen LogP contribution in [-0.2, 0) is 0 Å². The quantitative estimate of drug-likeness (QED) is 0.839. The number of rotatable bonds is 2. The molecule has 3 heteroatoms. The SMILES string of the molecule is CC1(C)CSCC(CN)(N2CCC3(CCCCC3)CC2)C1. The van der Waals surface area contributed by atoms with E-state index in [0.29, 0.717) is 10.8 Å². The Morgan fingerprint density at radius 1 is 0.952 bits per heavy atom. The first-order valence-electron chi connectivity index (χ1n) is 9.02. The summed E-state index contributed by atoms with van der Waals surface area (Å²) in [6.07, 6.45) is 11.6. The Hall–Kier alpha value is 0.270. The van der Waals surface area contributed by atoms with E-state index in [4.69, 9.17) is 5.73 Å². The van der Waals surface area contributed by atoms with Crippen molar-refractivity contribution in [1.82, 2.24) is 4.90 Å². The largest absolute Gasteiger partial charge is 0.329 e. The minimum Gasteiger partial charge on any atom is -0.329 e. The molecule has 1 unspecified atom stereocenters. The van der Waals surface area contributed by atoms with E-state index in [1.54, 1.807) is 0 Å². The summed E-state index contributed by atoms with van der Waals surface area (Å²) >= 11 is 2.13. The Labute approximate surface area is 135 Å². The van der Waals surface area contributed by atoms with Crippen LogP contribution < -0.4 is 5.73 Å². The molecule has 2 heterocycles. The lowest BCUT2D eigenvalue weighted by molar-refractivity contribution is -0.00480. The van der Waals surface area contributed by atoms with Crippen molar-refractivity contribution in [2.24, 2.45) is 16.6 Å². The molecule has 21 heavy (non-hydrogen) atoms. The summed E-state index contributed by atoms with van der Waals surface area (Å²) in [5.74, 6) is 2.55. The molecule has 1 atom stereocenters. The van der Waals surface area contributed by atoms with E-state index in [-0.39, 0.29) is 5.54 Å². The van der Waals surface area contributed by atoms with Crippen molar-refractivity contribution in [3.63, 3.8) is 0 Å². The van der Waals surface area contributed by atoms with Gasteiger partial charge >= 0.3 is 0 Å². The van der Waals surface area contributed by atoms with Crippen LogP contribution in [0.1, 0.15) is 65.2 Å². The van der Waals surface area contributed by atoms with Crippen LogP contribution in [0.5, 0.6) is 0 Å². The van der Waals surface area contributed by atoms with Gasteiger partial charge in [0.2, 0.25) is 0 Å². The topological polar surface area (TPSA) is 29.3 Å². The highest BCUT2D eigenvalue weighted by atomic mass is 32.2. The maximum absolute atomic E-state index is 6.31. The van der Waals surface area contributed by atoms with Gasteiger partial charge in [-0.15, -0.1) is 0 Å². The summed E-state index contributed by atoms with van der Waals surface area (Å²) in [4.78, 5) is 2.79. The zero-order valence-corrected chi connectivity index (χ0v) is 14.9. The molecule has 0 aromatic rings. The predicted molar refractivity (Wildman–Crippen MR) is 93.8 cm³/mol. The highest BCUT2D eigenvalue weighted by Crippen LogP contribution is 2.48. The van der Waals surface area contributed by atoms with E-state index in [2.05, 4.69) is 30.5 Å². The molecule has 1 saturated carbocycles. The molecule has 0 radical (unpaired) electrons. The molecule has 0 aromatic carbocycles. The average molecular weight is 311 g/mol. The standard InChI is InChI=1S/C18H34N2S/c1-16(2)12-18(13-19,15-21-14-16)20-10-8-17(9-11-20)6-4-3-5-7-17/h3-15,19H2,1-2H3. The zero-order chi connectivity index (χ0) is 15.0. The van der Waals surface area contributed by atoms with Gasteiger partial charge in [0, 0.05) is 17.8 Å². The lowest BCUT2D eigenvalue weighted by Gasteiger charge is -2.55. The summed E-state index contributed by atoms with van der Waals surface area (Å²) in [6, 6.07) is 0. The van der Waals surface area contributed by atoms with Gasteiger partial charge in [-0.1, -0.05) is 33.1 Å². The number of thioether (sulfide) groups is 1. The Kier molecular flexibility index (Phi) is 4.65. The molecule has 2 aliphatic heterocycles. The number of piperidine rings is 1. The van der Waals surface area contributed by atoms with Crippen LogP contribution in [0, 0.1) is 10.8 Å². The van der Waals surface area contributed by atoms with E-state index < -0.39 is 0 Å². The first kappa shape index (κ1) is 16.1. The van der Waals surface area contributed by atoms with E-state index in [1.807, 2.05) is 0 Å². The first-order chi connectivity index (χ1) is 9.99. The molecule has 3 fully saturated rings. The van der Waals surface area contributed by atoms with Gasteiger partial charge in [-0.05, 0) is 61.8 Å². The third kappa shape index (κ3) is 3.30. The Balaban J connectivity index is 1.66.